The summed E-state index contributed by atoms with van der Waals surface area (Å²) in [5, 5.41) is 5.66. The molecule has 0 heterocycles. The van der Waals surface area contributed by atoms with Crippen molar-refractivity contribution >= 4 is 17.5 Å². The number of anilines is 1. The number of nitrogens with one attached hydrogen (secondary N) is 2. The van der Waals surface area contributed by atoms with Gasteiger partial charge < -0.3 is 21.1 Å². The molecular weight excluding hydrogens is 246 g/mol. The first-order chi connectivity index (χ1) is 8.99. The van der Waals surface area contributed by atoms with E-state index in [2.05, 4.69) is 10.6 Å². The van der Waals surface area contributed by atoms with Crippen molar-refractivity contribution in [3.63, 3.8) is 0 Å². The second kappa shape index (κ2) is 6.75. The minimum Gasteiger partial charge on any atom is -0.495 e. The minimum absolute atomic E-state index is 0.158. The molecule has 0 aliphatic heterocycles. The van der Waals surface area contributed by atoms with Crippen molar-refractivity contribution in [2.75, 3.05) is 26.0 Å². The van der Waals surface area contributed by atoms with Crippen LogP contribution in [0.3, 0.4) is 0 Å². The average Bonchev–Trinajstić information content (AvgIpc) is 2.38. The first kappa shape index (κ1) is 15.0. The number of primary amides is 1. The smallest absolute Gasteiger partial charge is 0.248 e. The van der Waals surface area contributed by atoms with Crippen LogP contribution >= 0.6 is 0 Å². The van der Waals surface area contributed by atoms with Gasteiger partial charge in [0.05, 0.1) is 12.8 Å². The summed E-state index contributed by atoms with van der Waals surface area (Å²) >= 11 is 0. The summed E-state index contributed by atoms with van der Waals surface area (Å²) in [5.41, 5.74) is 5.96. The highest BCUT2D eigenvalue weighted by molar-refractivity contribution is 5.98. The number of carbonyl (C=O) groups is 2. The zero-order valence-electron chi connectivity index (χ0n) is 11.3. The lowest BCUT2D eigenvalue weighted by molar-refractivity contribution is -0.119. The van der Waals surface area contributed by atoms with Crippen molar-refractivity contribution in [3.8, 4) is 5.75 Å². The molecule has 6 heteroatoms. The first-order valence-electron chi connectivity index (χ1n) is 5.93. The minimum atomic E-state index is -0.554. The molecule has 19 heavy (non-hydrogen) atoms. The van der Waals surface area contributed by atoms with E-state index < -0.39 is 5.91 Å². The topological polar surface area (TPSA) is 93.5 Å². The molecule has 1 atom stereocenters. The highest BCUT2D eigenvalue weighted by atomic mass is 16.5. The van der Waals surface area contributed by atoms with Crippen LogP contribution in [-0.4, -0.2) is 32.5 Å². The number of benzene rings is 1. The summed E-state index contributed by atoms with van der Waals surface area (Å²) in [5.74, 6) is -0.433. The van der Waals surface area contributed by atoms with Crippen LogP contribution in [0.1, 0.15) is 17.3 Å². The lowest BCUT2D eigenvalue weighted by atomic mass is 10.1. The Labute approximate surface area is 112 Å². The second-order valence-corrected chi connectivity index (χ2v) is 4.23. The Hall–Kier alpha value is -2.08. The molecule has 1 aromatic carbocycles. The molecule has 0 bridgehead atoms. The van der Waals surface area contributed by atoms with Gasteiger partial charge in [0.1, 0.15) is 5.75 Å². The quantitative estimate of drug-likeness (QED) is 0.701. The van der Waals surface area contributed by atoms with E-state index in [9.17, 15) is 9.59 Å². The fourth-order valence-electron chi connectivity index (χ4n) is 1.61. The van der Waals surface area contributed by atoms with Crippen molar-refractivity contribution in [3.05, 3.63) is 23.8 Å². The molecule has 1 aromatic rings. The number of ether oxygens (including phenoxy) is 1. The van der Waals surface area contributed by atoms with E-state index in [4.69, 9.17) is 10.5 Å². The summed E-state index contributed by atoms with van der Waals surface area (Å²) in [7, 11) is 3.27. The summed E-state index contributed by atoms with van der Waals surface area (Å²) in [6.07, 6.45) is 0. The van der Waals surface area contributed by atoms with Gasteiger partial charge in [-0.1, -0.05) is 6.92 Å². The summed E-state index contributed by atoms with van der Waals surface area (Å²) in [6, 6.07) is 4.65. The van der Waals surface area contributed by atoms with Crippen LogP contribution in [0.2, 0.25) is 0 Å². The van der Waals surface area contributed by atoms with E-state index in [1.807, 2.05) is 0 Å². The fourth-order valence-corrected chi connectivity index (χ4v) is 1.61. The van der Waals surface area contributed by atoms with Gasteiger partial charge in [-0.15, -0.1) is 0 Å². The van der Waals surface area contributed by atoms with Gasteiger partial charge in [-0.05, 0) is 25.2 Å². The van der Waals surface area contributed by atoms with Gasteiger partial charge in [0.25, 0.3) is 0 Å². The number of rotatable bonds is 6. The van der Waals surface area contributed by atoms with Gasteiger partial charge in [0.2, 0.25) is 11.8 Å². The summed E-state index contributed by atoms with van der Waals surface area (Å²) in [4.78, 5) is 23.1. The number of hydrogen-bond donors (Lipinski definition) is 3. The lowest BCUT2D eigenvalue weighted by Gasteiger charge is -2.14. The van der Waals surface area contributed by atoms with E-state index >= 15 is 0 Å². The second-order valence-electron chi connectivity index (χ2n) is 4.23. The Balaban J connectivity index is 2.94. The van der Waals surface area contributed by atoms with Crippen molar-refractivity contribution in [1.82, 2.24) is 5.32 Å². The molecule has 104 valence electrons. The van der Waals surface area contributed by atoms with Crippen molar-refractivity contribution in [2.24, 2.45) is 11.7 Å². The zero-order valence-corrected chi connectivity index (χ0v) is 11.3. The maximum atomic E-state index is 11.9. The molecule has 0 saturated carbocycles. The first-order valence-corrected chi connectivity index (χ1v) is 5.93. The van der Waals surface area contributed by atoms with Gasteiger partial charge in [-0.3, -0.25) is 9.59 Å². The predicted molar refractivity (Wildman–Crippen MR) is 73.2 cm³/mol. The predicted octanol–water partition coefficient (Wildman–Crippen LogP) is 0.588. The summed E-state index contributed by atoms with van der Waals surface area (Å²) < 4.78 is 5.14. The van der Waals surface area contributed by atoms with Crippen molar-refractivity contribution in [2.45, 2.75) is 6.92 Å². The van der Waals surface area contributed by atoms with Gasteiger partial charge in [0.15, 0.2) is 0 Å². The van der Waals surface area contributed by atoms with Crippen LogP contribution in [0.4, 0.5) is 5.69 Å². The Morgan fingerprint density at radius 1 is 1.42 bits per heavy atom. The lowest BCUT2D eigenvalue weighted by Crippen LogP contribution is -2.28. The average molecular weight is 265 g/mol. The Morgan fingerprint density at radius 2 is 2.11 bits per heavy atom. The number of amides is 2. The molecule has 1 unspecified atom stereocenters. The maximum absolute atomic E-state index is 11.9. The number of hydrogen-bond acceptors (Lipinski definition) is 4. The molecule has 4 N–H and O–H groups in total. The molecule has 0 spiro atoms. The molecular formula is C13H19N3O3. The Morgan fingerprint density at radius 3 is 2.63 bits per heavy atom. The fraction of sp³-hybridized carbons (Fsp3) is 0.385. The maximum Gasteiger partial charge on any atom is 0.248 e. The van der Waals surface area contributed by atoms with Crippen molar-refractivity contribution < 1.29 is 14.3 Å². The third-order valence-corrected chi connectivity index (χ3v) is 2.70. The molecule has 0 aromatic heterocycles. The monoisotopic (exact) mass is 265 g/mol. The van der Waals surface area contributed by atoms with E-state index in [1.165, 1.54) is 13.2 Å². The van der Waals surface area contributed by atoms with Gasteiger partial charge in [-0.2, -0.15) is 0 Å². The van der Waals surface area contributed by atoms with E-state index in [-0.39, 0.29) is 11.8 Å². The molecule has 0 saturated heterocycles. The van der Waals surface area contributed by atoms with E-state index in [1.54, 1.807) is 26.1 Å². The van der Waals surface area contributed by atoms with Crippen LogP contribution in [-0.2, 0) is 4.79 Å². The molecule has 1 rings (SSSR count). The molecule has 2 amide bonds. The molecule has 0 aliphatic carbocycles. The zero-order chi connectivity index (χ0) is 14.4. The summed E-state index contributed by atoms with van der Waals surface area (Å²) in [6.45, 7) is 2.36. The van der Waals surface area contributed by atoms with Crippen LogP contribution in [0.5, 0.6) is 5.75 Å². The Bertz CT molecular complexity index is 474. The molecule has 0 fully saturated rings. The largest absolute Gasteiger partial charge is 0.495 e. The number of nitrogens with two attached hydrogens (primary N) is 1. The Kier molecular flexibility index (Phi) is 5.32. The van der Waals surface area contributed by atoms with Crippen LogP contribution in [0.25, 0.3) is 0 Å². The molecule has 0 radical (unpaired) electrons. The van der Waals surface area contributed by atoms with Gasteiger partial charge >= 0.3 is 0 Å². The highest BCUT2D eigenvalue weighted by Crippen LogP contribution is 2.25. The van der Waals surface area contributed by atoms with Crippen LogP contribution in [0, 0.1) is 5.92 Å². The standard InChI is InChI=1S/C13H19N3O3/c1-8(7-15-2)13(18)16-10-6-9(12(14)17)4-5-11(10)19-3/h4-6,8,15H,7H2,1-3H3,(H2,14,17)(H,16,18). The van der Waals surface area contributed by atoms with Gasteiger partial charge in [0, 0.05) is 18.0 Å². The highest BCUT2D eigenvalue weighted by Gasteiger charge is 2.15. The van der Waals surface area contributed by atoms with Gasteiger partial charge in [-0.25, -0.2) is 0 Å². The third kappa shape index (κ3) is 3.96. The van der Waals surface area contributed by atoms with Crippen LogP contribution < -0.4 is 21.1 Å². The molecule has 0 aliphatic rings. The molecule has 6 nitrogen and oxygen atoms in total. The number of methoxy groups -OCH3 is 1. The van der Waals surface area contributed by atoms with E-state index in [0.29, 0.717) is 23.5 Å². The van der Waals surface area contributed by atoms with Crippen LogP contribution in [0.15, 0.2) is 18.2 Å². The normalized spacial score (nSPS) is 11.7. The van der Waals surface area contributed by atoms with Crippen molar-refractivity contribution in [1.29, 1.82) is 0 Å². The van der Waals surface area contributed by atoms with E-state index in [0.717, 1.165) is 0 Å². The number of carbonyl (C=O) groups excluding carboxylic acids is 2. The third-order valence-electron chi connectivity index (χ3n) is 2.70. The SMILES string of the molecule is CNCC(C)C(=O)Nc1cc(C(N)=O)ccc1OC.